The second-order valence-electron chi connectivity index (χ2n) is 23.9. The summed E-state index contributed by atoms with van der Waals surface area (Å²) in [5.74, 6) is -14.4. The summed E-state index contributed by atoms with van der Waals surface area (Å²) in [6.45, 7) is 16.6. The van der Waals surface area contributed by atoms with Crippen LogP contribution in [0.25, 0.3) is 0 Å². The van der Waals surface area contributed by atoms with E-state index in [-0.39, 0.29) is 38.2 Å². The molecule has 2 rings (SSSR count). The third kappa shape index (κ3) is 25.4. The van der Waals surface area contributed by atoms with E-state index >= 15 is 0 Å². The SMILES string of the molecule is CCC(C)[C@@H]1NC(=O)[C@H](CCCN=C(N)N)CC(=O)[C@H](NC(=O)[C@H](CO)NC(=O)[C@@H](NC(=O)[C@H](NC(=O)[C@@H](CCC(N)=O)NC(=O)[C@H](CO)NC(=O)[C@@H](NC(=O)[C@@H](Cc2ccccc2)NC)[C@@H](C)CC)[C@H](C)CC)[C@@H](C)CC)[C@H](C)OC(=O)[C@H]([C@@H](C)CC)NC1=O. The number of aliphatic hydroxyl groups is 2. The topological polar surface area (TPSA) is 465 Å². The zero-order valence-corrected chi connectivity index (χ0v) is 55.0. The fourth-order valence-corrected chi connectivity index (χ4v) is 9.94. The maximum Gasteiger partial charge on any atom is 0.329 e. The normalized spacial score (nSPS) is 21.2. The van der Waals surface area contributed by atoms with Gasteiger partial charge in [0, 0.05) is 25.3 Å². The molecule has 0 radical (unpaired) electrons. The predicted octanol–water partition coefficient (Wildman–Crippen LogP) is -1.76. The van der Waals surface area contributed by atoms with Gasteiger partial charge in [-0.1, -0.05) is 132 Å². The number of hydrogen-bond donors (Lipinski definition) is 15. The van der Waals surface area contributed by atoms with Crippen LogP contribution in [0, 0.1) is 35.5 Å². The minimum Gasteiger partial charge on any atom is -0.458 e. The highest BCUT2D eigenvalue weighted by atomic mass is 16.5. The molecule has 1 aromatic carbocycles. The minimum atomic E-state index is -1.82. The number of aliphatic hydroxyl groups excluding tert-OH is 2. The largest absolute Gasteiger partial charge is 0.458 e. The molecule has 29 nitrogen and oxygen atoms in total. The molecule has 18 N–H and O–H groups in total. The highest BCUT2D eigenvalue weighted by molar-refractivity contribution is 6.00. The van der Waals surface area contributed by atoms with Crippen molar-refractivity contribution in [2.45, 2.75) is 213 Å². The van der Waals surface area contributed by atoms with Gasteiger partial charge in [0.15, 0.2) is 11.7 Å². The van der Waals surface area contributed by atoms with Crippen LogP contribution in [-0.4, -0.2) is 180 Å². The van der Waals surface area contributed by atoms with E-state index in [1.807, 2.05) is 37.3 Å². The second kappa shape index (κ2) is 40.1. The van der Waals surface area contributed by atoms with Crippen molar-refractivity contribution in [3.8, 4) is 0 Å². The Morgan fingerprint density at radius 2 is 1.05 bits per heavy atom. The second-order valence-corrected chi connectivity index (χ2v) is 23.9. The lowest BCUT2D eigenvalue weighted by atomic mass is 9.90. The van der Waals surface area contributed by atoms with E-state index in [9.17, 15) is 67.7 Å². The van der Waals surface area contributed by atoms with Gasteiger partial charge in [-0.15, -0.1) is 0 Å². The molecule has 1 aliphatic rings. The van der Waals surface area contributed by atoms with Gasteiger partial charge in [-0.2, -0.15) is 0 Å². The van der Waals surface area contributed by atoms with Crippen LogP contribution in [-0.2, 0) is 68.7 Å². The van der Waals surface area contributed by atoms with Crippen molar-refractivity contribution < 1.29 is 72.5 Å². The van der Waals surface area contributed by atoms with Crippen LogP contribution in [0.2, 0.25) is 0 Å². The van der Waals surface area contributed by atoms with Gasteiger partial charge in [-0.05, 0) is 74.8 Å². The average Bonchev–Trinajstić information content (AvgIpc) is 3.83. The van der Waals surface area contributed by atoms with Gasteiger partial charge in [0.2, 0.25) is 59.1 Å². The molecule has 512 valence electrons. The van der Waals surface area contributed by atoms with Crippen molar-refractivity contribution in [1.29, 1.82) is 0 Å². The Labute approximate surface area is 534 Å². The number of ketones is 1. The number of aliphatic imine (C=N–C) groups is 1. The van der Waals surface area contributed by atoms with Gasteiger partial charge < -0.3 is 85.3 Å². The van der Waals surface area contributed by atoms with Crippen LogP contribution in [0.15, 0.2) is 35.3 Å². The van der Waals surface area contributed by atoms with Gasteiger partial charge in [-0.3, -0.25) is 57.7 Å². The van der Waals surface area contributed by atoms with E-state index in [0.29, 0.717) is 25.7 Å². The zero-order chi connectivity index (χ0) is 68.8. The molecule has 91 heavy (non-hydrogen) atoms. The molecule has 29 heteroatoms. The third-order valence-corrected chi connectivity index (χ3v) is 17.1. The number of rotatable bonds is 36. The van der Waals surface area contributed by atoms with Crippen LogP contribution in [0.1, 0.15) is 146 Å². The number of likely N-dealkylation sites (N-methyl/N-ethyl adjacent to an activating group) is 1. The quantitative estimate of drug-likeness (QED) is 0.0153. The molecular formula is C62H104N14O15. The van der Waals surface area contributed by atoms with Gasteiger partial charge in [0.25, 0.3) is 0 Å². The molecule has 0 aliphatic carbocycles. The monoisotopic (exact) mass is 1280 g/mol. The number of primary amides is 1. The van der Waals surface area contributed by atoms with Gasteiger partial charge in [-0.25, -0.2) is 4.79 Å². The Morgan fingerprint density at radius 1 is 0.604 bits per heavy atom. The Morgan fingerprint density at radius 3 is 1.53 bits per heavy atom. The average molecular weight is 1290 g/mol. The molecule has 1 saturated heterocycles. The highest BCUT2D eigenvalue weighted by Crippen LogP contribution is 2.22. The standard InChI is InChI=1S/C62H104N14O15/c1-13-32(6)46(73-54(83)41(66-12)28-38-22-19-18-20-23-38)57(86)69-42(30-77)55(84)68-40(25-26-45(63)80)53(82)72-49(35(9)16-4)59(88)74-47(33(7)14-2)58(87)70-43(31-78)56(85)76-51-37(11)91-61(90)50(36(10)17-5)75-60(89)48(34(8)15-3)71-52(81)39(29-44(51)79)24-21-27-67-62(64)65/h18-20,22-23,32-37,39-43,46-51,66,77-78H,13-17,21,24-31H2,1-12H3,(H2,63,80)(H,68,84)(H,69,86)(H,70,87)(H,71,81)(H,72,82)(H,73,83)(H,74,88)(H,75,89)(H,76,85)(H4,64,65,67)/t32-,33-,34?,35+,36-,37-,39+,40+,41+,42-,43-,46-,47-,48-,49+,50-,51+/m0/s1. The van der Waals surface area contributed by atoms with Crippen molar-refractivity contribution in [2.24, 2.45) is 57.7 Å². The number of cyclic esters (lactones) is 1. The smallest absolute Gasteiger partial charge is 0.329 e. The molecule has 0 saturated carbocycles. The third-order valence-electron chi connectivity index (χ3n) is 17.1. The Hall–Kier alpha value is -7.79. The summed E-state index contributed by atoms with van der Waals surface area (Å²) in [5.41, 5.74) is 17.4. The van der Waals surface area contributed by atoms with Crippen molar-refractivity contribution in [1.82, 2.24) is 53.2 Å². The zero-order valence-electron chi connectivity index (χ0n) is 55.0. The molecule has 10 amide bonds. The van der Waals surface area contributed by atoms with E-state index in [1.165, 1.54) is 6.92 Å². The van der Waals surface area contributed by atoms with Gasteiger partial charge in [0.05, 0.1) is 19.3 Å². The highest BCUT2D eigenvalue weighted by Gasteiger charge is 2.42. The molecule has 0 spiro atoms. The van der Waals surface area contributed by atoms with Crippen LogP contribution >= 0.6 is 0 Å². The number of nitrogens with one attached hydrogen (secondary N) is 10. The first-order valence-electron chi connectivity index (χ1n) is 31.7. The number of Topliss-reactive ketones (excluding diaryl/α,β-unsaturated/α-hetero) is 1. The molecule has 1 unspecified atom stereocenters. The predicted molar refractivity (Wildman–Crippen MR) is 339 cm³/mol. The van der Waals surface area contributed by atoms with Gasteiger partial charge in [0.1, 0.15) is 60.5 Å². The van der Waals surface area contributed by atoms with Crippen LogP contribution in [0.4, 0.5) is 0 Å². The Balaban J connectivity index is 2.49. The van der Waals surface area contributed by atoms with Crippen molar-refractivity contribution >= 4 is 76.8 Å². The number of nitrogens with two attached hydrogens (primary N) is 3. The first kappa shape index (κ1) is 79.3. The molecule has 0 bridgehead atoms. The first-order chi connectivity index (χ1) is 43.0. The van der Waals surface area contributed by atoms with Gasteiger partial charge >= 0.3 is 5.97 Å². The maximum atomic E-state index is 14.5. The van der Waals surface area contributed by atoms with E-state index in [0.717, 1.165) is 5.56 Å². The molecule has 1 aromatic rings. The number of nitrogens with zero attached hydrogens (tertiary/aromatic N) is 1. The van der Waals surface area contributed by atoms with Crippen LogP contribution < -0.4 is 70.4 Å². The number of hydrogen-bond acceptors (Lipinski definition) is 17. The molecule has 1 heterocycles. The summed E-state index contributed by atoms with van der Waals surface area (Å²) in [6.07, 6.45) is -0.553. The minimum absolute atomic E-state index is 0.0313. The number of amides is 10. The fraction of sp³-hybridized carbons (Fsp3) is 0.694. The number of carbonyl (C=O) groups is 12. The number of guanidine groups is 1. The van der Waals surface area contributed by atoms with Crippen molar-refractivity contribution in [3.63, 3.8) is 0 Å². The summed E-state index contributed by atoms with van der Waals surface area (Å²) in [4.78, 5) is 171. The molecule has 0 aromatic heterocycles. The number of esters is 1. The Kier molecular flexibility index (Phi) is 35.0. The number of ether oxygens (including phenoxy) is 1. The number of benzene rings is 1. The maximum absolute atomic E-state index is 14.5. The van der Waals surface area contributed by atoms with Crippen molar-refractivity contribution in [3.05, 3.63) is 35.9 Å². The van der Waals surface area contributed by atoms with Crippen LogP contribution in [0.5, 0.6) is 0 Å². The summed E-state index contributed by atoms with van der Waals surface area (Å²) >= 11 is 0. The van der Waals surface area contributed by atoms with E-state index in [4.69, 9.17) is 21.9 Å². The Bertz CT molecular complexity index is 2630. The van der Waals surface area contributed by atoms with E-state index in [1.54, 1.807) is 69.4 Å². The number of carbonyl (C=O) groups excluding carboxylic acids is 12. The van der Waals surface area contributed by atoms with E-state index < -0.39 is 205 Å². The first-order valence-corrected chi connectivity index (χ1v) is 31.7. The lowest BCUT2D eigenvalue weighted by molar-refractivity contribution is -0.157. The van der Waals surface area contributed by atoms with E-state index in [2.05, 4.69) is 58.2 Å². The lowest BCUT2D eigenvalue weighted by Crippen LogP contribution is -2.63. The summed E-state index contributed by atoms with van der Waals surface area (Å²) < 4.78 is 5.83. The fourth-order valence-electron chi connectivity index (χ4n) is 9.94. The molecule has 17 atom stereocenters. The van der Waals surface area contributed by atoms with Crippen LogP contribution in [0.3, 0.4) is 0 Å². The summed E-state index contributed by atoms with van der Waals surface area (Å²) in [5, 5.41) is 47.5. The van der Waals surface area contributed by atoms with Crippen molar-refractivity contribution in [2.75, 3.05) is 26.8 Å². The molecule has 1 fully saturated rings. The summed E-state index contributed by atoms with van der Waals surface area (Å²) in [6, 6.07) is -4.82. The molecule has 1 aliphatic heterocycles. The lowest BCUT2D eigenvalue weighted by Gasteiger charge is -2.31. The molecular weight excluding hydrogens is 1180 g/mol. The summed E-state index contributed by atoms with van der Waals surface area (Å²) in [7, 11) is 1.60.